The average Bonchev–Trinajstić information content (AvgIpc) is 2.76. The molecule has 3 N–H and O–H groups in total. The quantitative estimate of drug-likeness (QED) is 0.377. The molecule has 0 spiro atoms. The van der Waals surface area contributed by atoms with E-state index in [-0.39, 0.29) is 12.0 Å². The number of alkyl halides is 3. The van der Waals surface area contributed by atoms with Crippen LogP contribution in [0.25, 0.3) is 0 Å². The van der Waals surface area contributed by atoms with Crippen molar-refractivity contribution < 1.29 is 37.4 Å². The maximum absolute atomic E-state index is 11.9. The first-order valence-electron chi connectivity index (χ1n) is 10.4. The van der Waals surface area contributed by atoms with Gasteiger partial charge in [-0.2, -0.15) is 13.2 Å². The molecule has 1 saturated heterocycles. The summed E-state index contributed by atoms with van der Waals surface area (Å²) < 4.78 is 36.8. The molecule has 0 radical (unpaired) electrons. The Kier molecular flexibility index (Phi) is 12.7. The average molecular weight is 494 g/mol. The molecule has 1 aromatic rings. The van der Waals surface area contributed by atoms with Crippen molar-refractivity contribution in [3.8, 4) is 0 Å². The summed E-state index contributed by atoms with van der Waals surface area (Å²) in [5.41, 5.74) is 1.22. The van der Waals surface area contributed by atoms with E-state index in [0.717, 1.165) is 37.4 Å². The second-order valence-corrected chi connectivity index (χ2v) is 8.22. The van der Waals surface area contributed by atoms with E-state index in [1.54, 1.807) is 16.7 Å². The number of nitrogens with zero attached hydrogens (tertiary/aromatic N) is 1. The minimum atomic E-state index is -5.08. The van der Waals surface area contributed by atoms with Crippen molar-refractivity contribution in [3.05, 3.63) is 29.8 Å². The first-order chi connectivity index (χ1) is 15.5. The predicted molar refractivity (Wildman–Crippen MR) is 118 cm³/mol. The van der Waals surface area contributed by atoms with Crippen LogP contribution in [0.15, 0.2) is 29.2 Å². The normalized spacial score (nSPS) is 14.2. The lowest BCUT2D eigenvalue weighted by atomic mass is 10.1. The first-order valence-corrected chi connectivity index (χ1v) is 11.4. The lowest BCUT2D eigenvalue weighted by molar-refractivity contribution is -0.192. The SMILES string of the molecule is CCOC(=O)N1CCC(NCCNC(=O)CSc2ccc(C)cc2)CC1.O=C(O)C(F)(F)F. The summed E-state index contributed by atoms with van der Waals surface area (Å²) in [6, 6.07) is 8.57. The second kappa shape index (κ2) is 14.6. The standard InChI is InChI=1S/C19H29N3O3S.C2HF3O2/c1-3-25-19(24)22-12-8-16(9-13-22)20-10-11-21-18(23)14-26-17-6-4-15(2)5-7-17;3-2(4,5)1(6)7/h4-7,16,20H,3,8-14H2,1-2H3,(H,21,23);(H,6,7). The zero-order valence-corrected chi connectivity index (χ0v) is 19.4. The van der Waals surface area contributed by atoms with Crippen molar-refractivity contribution >= 4 is 29.7 Å². The predicted octanol–water partition coefficient (Wildman–Crippen LogP) is 3.05. The molecular weight excluding hydrogens is 463 g/mol. The van der Waals surface area contributed by atoms with Crippen molar-refractivity contribution in [2.24, 2.45) is 0 Å². The van der Waals surface area contributed by atoms with Crippen molar-refractivity contribution in [2.45, 2.75) is 43.8 Å². The van der Waals surface area contributed by atoms with Gasteiger partial charge in [-0.1, -0.05) is 17.7 Å². The van der Waals surface area contributed by atoms with E-state index in [2.05, 4.69) is 29.7 Å². The van der Waals surface area contributed by atoms with Gasteiger partial charge in [0.25, 0.3) is 0 Å². The number of aliphatic carboxylic acids is 1. The van der Waals surface area contributed by atoms with Gasteiger partial charge in [0.1, 0.15) is 0 Å². The lowest BCUT2D eigenvalue weighted by Gasteiger charge is -2.31. The number of carbonyl (C=O) groups excluding carboxylic acids is 2. The summed E-state index contributed by atoms with van der Waals surface area (Å²) >= 11 is 1.55. The third-order valence-corrected chi connectivity index (χ3v) is 5.55. The monoisotopic (exact) mass is 493 g/mol. The highest BCUT2D eigenvalue weighted by Gasteiger charge is 2.38. The molecule has 1 heterocycles. The number of benzene rings is 1. The number of carboxylic acids is 1. The van der Waals surface area contributed by atoms with Gasteiger partial charge in [0, 0.05) is 37.1 Å². The van der Waals surface area contributed by atoms with E-state index < -0.39 is 12.1 Å². The molecule has 8 nitrogen and oxygen atoms in total. The number of carbonyl (C=O) groups is 3. The number of aryl methyl sites for hydroxylation is 1. The summed E-state index contributed by atoms with van der Waals surface area (Å²) in [6.45, 7) is 7.08. The van der Waals surface area contributed by atoms with Crippen LogP contribution in [0.4, 0.5) is 18.0 Å². The van der Waals surface area contributed by atoms with Crippen LogP contribution in [0.5, 0.6) is 0 Å². The molecule has 0 atom stereocenters. The summed E-state index contributed by atoms with van der Waals surface area (Å²) in [6.07, 6.45) is -3.48. The highest BCUT2D eigenvalue weighted by Crippen LogP contribution is 2.17. The number of ether oxygens (including phenoxy) is 1. The number of piperidine rings is 1. The minimum Gasteiger partial charge on any atom is -0.475 e. The Hall–Kier alpha value is -2.47. The number of thioether (sulfide) groups is 1. The Morgan fingerprint density at radius 1 is 1.15 bits per heavy atom. The molecule has 2 rings (SSSR count). The van der Waals surface area contributed by atoms with Crippen LogP contribution >= 0.6 is 11.8 Å². The van der Waals surface area contributed by atoms with Crippen LogP contribution in [0.3, 0.4) is 0 Å². The highest BCUT2D eigenvalue weighted by molar-refractivity contribution is 8.00. The minimum absolute atomic E-state index is 0.0505. The zero-order chi connectivity index (χ0) is 24.9. The molecule has 0 aromatic heterocycles. The first kappa shape index (κ1) is 28.6. The van der Waals surface area contributed by atoms with Crippen LogP contribution < -0.4 is 10.6 Å². The number of carboxylic acid groups (broad SMARTS) is 1. The van der Waals surface area contributed by atoms with Crippen LogP contribution in [-0.4, -0.2) is 78.7 Å². The lowest BCUT2D eigenvalue weighted by Crippen LogP contribution is -2.46. The Balaban J connectivity index is 0.000000675. The number of nitrogens with one attached hydrogen (secondary N) is 2. The number of hydrogen-bond donors (Lipinski definition) is 3. The molecule has 12 heteroatoms. The van der Waals surface area contributed by atoms with Crippen LogP contribution in [0.2, 0.25) is 0 Å². The van der Waals surface area contributed by atoms with E-state index >= 15 is 0 Å². The van der Waals surface area contributed by atoms with Gasteiger partial charge >= 0.3 is 18.2 Å². The van der Waals surface area contributed by atoms with E-state index in [1.807, 2.05) is 19.1 Å². The van der Waals surface area contributed by atoms with Gasteiger partial charge in [0.2, 0.25) is 5.91 Å². The summed E-state index contributed by atoms with van der Waals surface area (Å²) in [5, 5.41) is 13.5. The third-order valence-electron chi connectivity index (χ3n) is 4.53. The smallest absolute Gasteiger partial charge is 0.475 e. The maximum Gasteiger partial charge on any atom is 0.490 e. The van der Waals surface area contributed by atoms with E-state index in [9.17, 15) is 22.8 Å². The molecule has 1 fully saturated rings. The van der Waals surface area contributed by atoms with Gasteiger partial charge in [-0.05, 0) is 38.8 Å². The molecule has 0 aliphatic carbocycles. The van der Waals surface area contributed by atoms with Gasteiger partial charge in [-0.15, -0.1) is 11.8 Å². The van der Waals surface area contributed by atoms with E-state index in [0.29, 0.717) is 24.9 Å². The molecule has 1 aliphatic heterocycles. The highest BCUT2D eigenvalue weighted by atomic mass is 32.2. The van der Waals surface area contributed by atoms with Crippen LogP contribution in [-0.2, 0) is 14.3 Å². The number of amides is 2. The Labute approximate surface area is 195 Å². The van der Waals surface area contributed by atoms with Gasteiger partial charge in [0.15, 0.2) is 0 Å². The fraction of sp³-hybridized carbons (Fsp3) is 0.571. The number of rotatable bonds is 8. The fourth-order valence-corrected chi connectivity index (χ4v) is 3.52. The van der Waals surface area contributed by atoms with Gasteiger partial charge in [-0.3, -0.25) is 4.79 Å². The molecule has 1 aliphatic rings. The zero-order valence-electron chi connectivity index (χ0n) is 18.6. The van der Waals surface area contributed by atoms with Crippen molar-refractivity contribution in [3.63, 3.8) is 0 Å². The molecule has 0 bridgehead atoms. The van der Waals surface area contributed by atoms with Crippen molar-refractivity contribution in [1.29, 1.82) is 0 Å². The Bertz CT molecular complexity index is 755. The molecule has 186 valence electrons. The topological polar surface area (TPSA) is 108 Å². The fourth-order valence-electron chi connectivity index (χ4n) is 2.79. The molecule has 1 aromatic carbocycles. The molecule has 2 amide bonds. The maximum atomic E-state index is 11.9. The Morgan fingerprint density at radius 3 is 2.24 bits per heavy atom. The number of hydrogen-bond acceptors (Lipinski definition) is 6. The number of halogens is 3. The van der Waals surface area contributed by atoms with Gasteiger partial charge in [0.05, 0.1) is 12.4 Å². The molecule has 0 saturated carbocycles. The Morgan fingerprint density at radius 2 is 1.73 bits per heavy atom. The third kappa shape index (κ3) is 12.4. The molecular formula is C21H30F3N3O5S. The second-order valence-electron chi connectivity index (χ2n) is 7.17. The molecule has 33 heavy (non-hydrogen) atoms. The number of likely N-dealkylation sites (tertiary alicyclic amines) is 1. The summed E-state index contributed by atoms with van der Waals surface area (Å²) in [5.74, 6) is -2.27. The van der Waals surface area contributed by atoms with Crippen LogP contribution in [0, 0.1) is 6.92 Å². The van der Waals surface area contributed by atoms with E-state index in [1.165, 1.54) is 5.56 Å². The van der Waals surface area contributed by atoms with Crippen LogP contribution in [0.1, 0.15) is 25.3 Å². The van der Waals surface area contributed by atoms with Crippen molar-refractivity contribution in [1.82, 2.24) is 15.5 Å². The molecule has 0 unspecified atom stereocenters. The van der Waals surface area contributed by atoms with Crippen molar-refractivity contribution in [2.75, 3.05) is 38.5 Å². The van der Waals surface area contributed by atoms with Gasteiger partial charge in [-0.25, -0.2) is 9.59 Å². The largest absolute Gasteiger partial charge is 0.490 e. The summed E-state index contributed by atoms with van der Waals surface area (Å²) in [7, 11) is 0. The summed E-state index contributed by atoms with van der Waals surface area (Å²) in [4.78, 5) is 35.3. The van der Waals surface area contributed by atoms with Gasteiger partial charge < -0.3 is 25.4 Å². The van der Waals surface area contributed by atoms with E-state index in [4.69, 9.17) is 14.6 Å².